The van der Waals surface area contributed by atoms with Gasteiger partial charge in [-0.1, -0.05) is 6.42 Å². The maximum absolute atomic E-state index is 3.51. The average Bonchev–Trinajstić information content (AvgIpc) is 2.17. The number of fused-ring (bicyclic) bond motifs is 2. The van der Waals surface area contributed by atoms with Crippen molar-refractivity contribution in [1.82, 2.24) is 10.2 Å². The van der Waals surface area contributed by atoms with Crippen molar-refractivity contribution in [2.24, 2.45) is 0 Å². The molecule has 2 fully saturated rings. The van der Waals surface area contributed by atoms with Crippen molar-refractivity contribution in [2.45, 2.75) is 37.8 Å². The van der Waals surface area contributed by atoms with Crippen LogP contribution in [0.4, 0.5) is 0 Å². The third-order valence-electron chi connectivity index (χ3n) is 3.26. The van der Waals surface area contributed by atoms with Gasteiger partial charge in [0.15, 0.2) is 0 Å². The number of nitrogens with zero attached hydrogens (tertiary/aromatic N) is 1. The van der Waals surface area contributed by atoms with Crippen LogP contribution in [0.3, 0.4) is 0 Å². The molecule has 2 nitrogen and oxygen atoms in total. The van der Waals surface area contributed by atoms with Crippen LogP contribution in [0, 0.1) is 0 Å². The molecule has 0 radical (unpaired) electrons. The molecule has 0 saturated carbocycles. The summed E-state index contributed by atoms with van der Waals surface area (Å²) in [5.74, 6) is 0. The molecule has 4 heteroatoms. The van der Waals surface area contributed by atoms with Crippen molar-refractivity contribution >= 4 is 24.8 Å². The quantitative estimate of drug-likeness (QED) is 0.677. The van der Waals surface area contributed by atoms with Crippen LogP contribution >= 0.6 is 24.8 Å². The monoisotopic (exact) mass is 226 g/mol. The molecule has 0 aromatic heterocycles. The van der Waals surface area contributed by atoms with E-state index in [2.05, 4.69) is 17.3 Å². The molecule has 0 aliphatic carbocycles. The number of halogens is 2. The fourth-order valence-corrected chi connectivity index (χ4v) is 2.43. The first-order valence-electron chi connectivity index (χ1n) is 4.80. The van der Waals surface area contributed by atoms with Gasteiger partial charge in [-0.2, -0.15) is 0 Å². The highest BCUT2D eigenvalue weighted by Crippen LogP contribution is 2.24. The van der Waals surface area contributed by atoms with Gasteiger partial charge in [0.25, 0.3) is 0 Å². The summed E-state index contributed by atoms with van der Waals surface area (Å²) in [6, 6.07) is 1.71. The molecule has 2 bridgehead atoms. The molecule has 2 saturated heterocycles. The van der Waals surface area contributed by atoms with Crippen LogP contribution in [-0.4, -0.2) is 37.1 Å². The molecule has 1 N–H and O–H groups in total. The van der Waals surface area contributed by atoms with Gasteiger partial charge < -0.3 is 5.32 Å². The second kappa shape index (κ2) is 6.07. The predicted octanol–water partition coefficient (Wildman–Crippen LogP) is 1.68. The number of hydrogen-bond donors (Lipinski definition) is 1. The van der Waals surface area contributed by atoms with Crippen LogP contribution in [0.5, 0.6) is 0 Å². The lowest BCUT2D eigenvalue weighted by molar-refractivity contribution is 0.126. The Morgan fingerprint density at radius 3 is 2.54 bits per heavy atom. The summed E-state index contributed by atoms with van der Waals surface area (Å²) in [6.45, 7) is 2.44. The van der Waals surface area contributed by atoms with Crippen LogP contribution < -0.4 is 5.32 Å². The standard InChI is InChI=1S/C9H18N2.2ClH/c1-11-8-3-2-4-9(11)7-10-6-5-8;;/h8-10H,2-7H2,1H3;2*1H. The maximum Gasteiger partial charge on any atom is 0.0220 e. The molecule has 80 valence electrons. The molecule has 0 aromatic rings. The van der Waals surface area contributed by atoms with E-state index in [4.69, 9.17) is 0 Å². The topological polar surface area (TPSA) is 15.3 Å². The fourth-order valence-electron chi connectivity index (χ4n) is 2.43. The molecule has 0 aromatic carbocycles. The molecule has 13 heavy (non-hydrogen) atoms. The molecule has 2 atom stereocenters. The normalized spacial score (nSPS) is 33.9. The Morgan fingerprint density at radius 2 is 1.77 bits per heavy atom. The Balaban J connectivity index is 0.000000720. The van der Waals surface area contributed by atoms with Crippen molar-refractivity contribution in [3.05, 3.63) is 0 Å². The zero-order valence-electron chi connectivity index (χ0n) is 8.16. The van der Waals surface area contributed by atoms with Gasteiger partial charge in [0.2, 0.25) is 0 Å². The number of piperidine rings is 1. The van der Waals surface area contributed by atoms with Crippen LogP contribution in [0.15, 0.2) is 0 Å². The van der Waals surface area contributed by atoms with Gasteiger partial charge >= 0.3 is 0 Å². The second-order valence-corrected chi connectivity index (χ2v) is 3.90. The van der Waals surface area contributed by atoms with Crippen LogP contribution in [0.1, 0.15) is 25.7 Å². The molecular formula is C9H20Cl2N2. The summed E-state index contributed by atoms with van der Waals surface area (Å²) >= 11 is 0. The molecule has 2 aliphatic heterocycles. The van der Waals surface area contributed by atoms with E-state index < -0.39 is 0 Å². The van der Waals surface area contributed by atoms with Gasteiger partial charge in [-0.3, -0.25) is 4.90 Å². The molecule has 0 amide bonds. The Labute approximate surface area is 93.3 Å². The van der Waals surface area contributed by atoms with Crippen LogP contribution in [0.25, 0.3) is 0 Å². The van der Waals surface area contributed by atoms with Crippen molar-refractivity contribution in [1.29, 1.82) is 0 Å². The van der Waals surface area contributed by atoms with E-state index in [9.17, 15) is 0 Å². The highest BCUT2D eigenvalue weighted by Gasteiger charge is 2.28. The molecular weight excluding hydrogens is 207 g/mol. The van der Waals surface area contributed by atoms with Gasteiger partial charge in [-0.05, 0) is 32.9 Å². The van der Waals surface area contributed by atoms with Crippen molar-refractivity contribution in [3.63, 3.8) is 0 Å². The summed E-state index contributed by atoms with van der Waals surface area (Å²) in [7, 11) is 2.29. The van der Waals surface area contributed by atoms with Gasteiger partial charge in [-0.15, -0.1) is 24.8 Å². The van der Waals surface area contributed by atoms with Crippen molar-refractivity contribution in [3.8, 4) is 0 Å². The second-order valence-electron chi connectivity index (χ2n) is 3.90. The van der Waals surface area contributed by atoms with Crippen LogP contribution in [-0.2, 0) is 0 Å². The third-order valence-corrected chi connectivity index (χ3v) is 3.26. The number of rotatable bonds is 0. The van der Waals surface area contributed by atoms with E-state index in [1.807, 2.05) is 0 Å². The zero-order valence-corrected chi connectivity index (χ0v) is 9.79. The minimum Gasteiger partial charge on any atom is -0.315 e. The van der Waals surface area contributed by atoms with Gasteiger partial charge in [-0.25, -0.2) is 0 Å². The number of nitrogens with one attached hydrogen (secondary N) is 1. The lowest BCUT2D eigenvalue weighted by Gasteiger charge is -2.37. The van der Waals surface area contributed by atoms with E-state index >= 15 is 0 Å². The van der Waals surface area contributed by atoms with E-state index in [0.717, 1.165) is 12.1 Å². The number of hydrogen-bond acceptors (Lipinski definition) is 2. The minimum absolute atomic E-state index is 0. The summed E-state index contributed by atoms with van der Waals surface area (Å²) in [4.78, 5) is 2.59. The summed E-state index contributed by atoms with van der Waals surface area (Å²) in [6.07, 6.45) is 5.63. The summed E-state index contributed by atoms with van der Waals surface area (Å²) < 4.78 is 0. The van der Waals surface area contributed by atoms with Crippen LogP contribution in [0.2, 0.25) is 0 Å². The Morgan fingerprint density at radius 1 is 1.08 bits per heavy atom. The summed E-state index contributed by atoms with van der Waals surface area (Å²) in [5, 5.41) is 3.51. The minimum atomic E-state index is 0. The van der Waals surface area contributed by atoms with Crippen molar-refractivity contribution < 1.29 is 0 Å². The zero-order chi connectivity index (χ0) is 7.68. The lowest BCUT2D eigenvalue weighted by atomic mass is 9.96. The van der Waals surface area contributed by atoms with E-state index in [1.54, 1.807) is 0 Å². The highest BCUT2D eigenvalue weighted by molar-refractivity contribution is 5.85. The van der Waals surface area contributed by atoms with E-state index in [0.29, 0.717) is 0 Å². The smallest absolute Gasteiger partial charge is 0.0220 e. The highest BCUT2D eigenvalue weighted by atomic mass is 35.5. The Bertz CT molecular complexity index is 130. The van der Waals surface area contributed by atoms with Crippen molar-refractivity contribution in [2.75, 3.05) is 20.1 Å². The largest absolute Gasteiger partial charge is 0.315 e. The molecule has 2 heterocycles. The predicted molar refractivity (Wildman–Crippen MR) is 61.2 cm³/mol. The average molecular weight is 227 g/mol. The van der Waals surface area contributed by atoms with E-state index in [-0.39, 0.29) is 24.8 Å². The maximum atomic E-state index is 3.51. The van der Waals surface area contributed by atoms with Gasteiger partial charge in [0.05, 0.1) is 0 Å². The summed E-state index contributed by atoms with van der Waals surface area (Å²) in [5.41, 5.74) is 0. The number of likely N-dealkylation sites (N-methyl/N-ethyl adjacent to an activating group) is 1. The Kier molecular flexibility index (Phi) is 6.31. The Hall–Kier alpha value is 0.500. The molecule has 2 unspecified atom stereocenters. The SMILES string of the molecule is CN1C2CCCC1CNCC2.Cl.Cl. The molecule has 2 aliphatic rings. The first-order valence-corrected chi connectivity index (χ1v) is 4.80. The molecule has 0 spiro atoms. The third kappa shape index (κ3) is 2.98. The fraction of sp³-hybridized carbons (Fsp3) is 1.00. The van der Waals surface area contributed by atoms with E-state index in [1.165, 1.54) is 38.8 Å². The lowest BCUT2D eigenvalue weighted by Crippen LogP contribution is -2.44. The van der Waals surface area contributed by atoms with Gasteiger partial charge in [0.1, 0.15) is 0 Å². The first-order chi connectivity index (χ1) is 5.38. The van der Waals surface area contributed by atoms with Gasteiger partial charge in [0, 0.05) is 18.6 Å². The first kappa shape index (κ1) is 13.5. The molecule has 2 rings (SSSR count).